The van der Waals surface area contributed by atoms with Gasteiger partial charge in [0.05, 0.1) is 17.6 Å². The van der Waals surface area contributed by atoms with Crippen LogP contribution in [0.25, 0.3) is 10.9 Å². The summed E-state index contributed by atoms with van der Waals surface area (Å²) in [5, 5.41) is 3.69. The summed E-state index contributed by atoms with van der Waals surface area (Å²) >= 11 is 0. The third-order valence-electron chi connectivity index (χ3n) is 4.89. The first-order valence-electron chi connectivity index (χ1n) is 8.26. The van der Waals surface area contributed by atoms with Crippen LogP contribution in [-0.4, -0.2) is 47.1 Å². The minimum absolute atomic E-state index is 0.0115. The largest absolute Gasteiger partial charge is 0.441 e. The molecule has 24 heavy (non-hydrogen) atoms. The zero-order valence-corrected chi connectivity index (χ0v) is 13.3. The number of nitrogens with zero attached hydrogens (tertiary/aromatic N) is 2. The van der Waals surface area contributed by atoms with Crippen LogP contribution in [0.15, 0.2) is 36.5 Å². The Morgan fingerprint density at radius 2 is 2.12 bits per heavy atom. The molecule has 6 heteroatoms. The number of ether oxygens (including phenoxy) is 1. The van der Waals surface area contributed by atoms with E-state index in [0.29, 0.717) is 31.6 Å². The van der Waals surface area contributed by atoms with Crippen molar-refractivity contribution in [3.05, 3.63) is 42.1 Å². The van der Waals surface area contributed by atoms with E-state index in [1.807, 2.05) is 35.2 Å². The summed E-state index contributed by atoms with van der Waals surface area (Å²) < 4.78 is 5.46. The van der Waals surface area contributed by atoms with Gasteiger partial charge < -0.3 is 15.0 Å². The zero-order chi connectivity index (χ0) is 16.6. The first-order chi connectivity index (χ1) is 11.7. The molecule has 124 valence electrons. The number of alkyl carbamates (subject to hydrolysis) is 1. The Hall–Kier alpha value is -2.63. The molecule has 6 nitrogen and oxygen atoms in total. The molecular weight excluding hydrogens is 306 g/mol. The standard InChI is InChI=1S/C18H19N3O3/c22-16(14-10-13-4-1-2-5-15(13)19-11-14)21-8-3-6-18(7-9-21)12-20-17(23)24-18/h1-2,4-5,10-11H,3,6-9,12H2,(H,20,23)/t18-/m0/s1. The highest BCUT2D eigenvalue weighted by Crippen LogP contribution is 2.29. The molecular formula is C18H19N3O3. The Balaban J connectivity index is 1.52. The van der Waals surface area contributed by atoms with Crippen molar-refractivity contribution in [1.82, 2.24) is 15.2 Å². The van der Waals surface area contributed by atoms with Crippen LogP contribution in [0.1, 0.15) is 29.6 Å². The molecule has 0 unspecified atom stereocenters. The van der Waals surface area contributed by atoms with Gasteiger partial charge in [0.15, 0.2) is 0 Å². The van der Waals surface area contributed by atoms with Crippen molar-refractivity contribution in [1.29, 1.82) is 0 Å². The minimum Gasteiger partial charge on any atom is -0.441 e. The van der Waals surface area contributed by atoms with E-state index in [0.717, 1.165) is 23.7 Å². The second kappa shape index (κ2) is 5.78. The summed E-state index contributed by atoms with van der Waals surface area (Å²) in [5.41, 5.74) is 1.03. The van der Waals surface area contributed by atoms with Crippen LogP contribution in [0.4, 0.5) is 4.79 Å². The molecule has 0 saturated carbocycles. The maximum absolute atomic E-state index is 12.8. The van der Waals surface area contributed by atoms with Gasteiger partial charge in [0, 0.05) is 31.1 Å². The highest BCUT2D eigenvalue weighted by atomic mass is 16.6. The van der Waals surface area contributed by atoms with Crippen molar-refractivity contribution < 1.29 is 14.3 Å². The van der Waals surface area contributed by atoms with Gasteiger partial charge in [-0.1, -0.05) is 18.2 Å². The van der Waals surface area contributed by atoms with Crippen LogP contribution in [0, 0.1) is 0 Å². The Bertz CT molecular complexity index is 807. The number of nitrogens with one attached hydrogen (secondary N) is 1. The molecule has 2 amide bonds. The van der Waals surface area contributed by atoms with Crippen LogP contribution in [-0.2, 0) is 4.74 Å². The van der Waals surface area contributed by atoms with Gasteiger partial charge in [-0.05, 0) is 25.0 Å². The molecule has 2 saturated heterocycles. The average molecular weight is 325 g/mol. The number of likely N-dealkylation sites (tertiary alicyclic amines) is 1. The molecule has 1 atom stereocenters. The van der Waals surface area contributed by atoms with E-state index in [4.69, 9.17) is 4.74 Å². The number of fused-ring (bicyclic) bond motifs is 1. The number of hydrogen-bond donors (Lipinski definition) is 1. The number of rotatable bonds is 1. The summed E-state index contributed by atoms with van der Waals surface area (Å²) in [5.74, 6) is -0.0115. The van der Waals surface area contributed by atoms with Crippen LogP contribution >= 0.6 is 0 Å². The number of pyridine rings is 1. The number of carbonyl (C=O) groups excluding carboxylic acids is 2. The van der Waals surface area contributed by atoms with Crippen molar-refractivity contribution in [2.75, 3.05) is 19.6 Å². The summed E-state index contributed by atoms with van der Waals surface area (Å²) in [6, 6.07) is 9.65. The van der Waals surface area contributed by atoms with Crippen LogP contribution in [0.2, 0.25) is 0 Å². The average Bonchev–Trinajstić information content (AvgIpc) is 2.85. The highest BCUT2D eigenvalue weighted by Gasteiger charge is 2.41. The molecule has 1 N–H and O–H groups in total. The second-order valence-electron chi connectivity index (χ2n) is 6.49. The summed E-state index contributed by atoms with van der Waals surface area (Å²) in [6.45, 7) is 1.79. The predicted octanol–water partition coefficient (Wildman–Crippen LogP) is 2.34. The van der Waals surface area contributed by atoms with Gasteiger partial charge in [-0.25, -0.2) is 4.79 Å². The lowest BCUT2D eigenvalue weighted by Gasteiger charge is -2.25. The van der Waals surface area contributed by atoms with E-state index in [1.54, 1.807) is 6.20 Å². The summed E-state index contributed by atoms with van der Waals surface area (Å²) in [7, 11) is 0. The fraction of sp³-hybridized carbons (Fsp3) is 0.389. The van der Waals surface area contributed by atoms with Crippen molar-refractivity contribution in [3.63, 3.8) is 0 Å². The topological polar surface area (TPSA) is 71.5 Å². The van der Waals surface area contributed by atoms with E-state index in [1.165, 1.54) is 0 Å². The first-order valence-corrected chi connectivity index (χ1v) is 8.26. The van der Waals surface area contributed by atoms with Gasteiger partial charge in [-0.3, -0.25) is 9.78 Å². The van der Waals surface area contributed by atoms with Gasteiger partial charge in [0.1, 0.15) is 5.60 Å². The molecule has 0 bridgehead atoms. The SMILES string of the molecule is O=C1NC[C@@]2(CCCN(C(=O)c3cnc4ccccc4c3)CC2)O1. The molecule has 1 spiro atoms. The molecule has 0 radical (unpaired) electrons. The first kappa shape index (κ1) is 14.9. The maximum Gasteiger partial charge on any atom is 0.407 e. The minimum atomic E-state index is -0.451. The number of aromatic nitrogens is 1. The lowest BCUT2D eigenvalue weighted by molar-refractivity contribution is 0.0438. The monoisotopic (exact) mass is 325 g/mol. The predicted molar refractivity (Wildman–Crippen MR) is 88.7 cm³/mol. The highest BCUT2D eigenvalue weighted by molar-refractivity contribution is 5.97. The fourth-order valence-electron chi connectivity index (χ4n) is 3.52. The number of benzene rings is 1. The summed E-state index contributed by atoms with van der Waals surface area (Å²) in [4.78, 5) is 30.4. The normalized spacial score (nSPS) is 23.8. The van der Waals surface area contributed by atoms with Crippen molar-refractivity contribution in [2.24, 2.45) is 0 Å². The lowest BCUT2D eigenvalue weighted by atomic mass is 9.95. The van der Waals surface area contributed by atoms with E-state index >= 15 is 0 Å². The quantitative estimate of drug-likeness (QED) is 0.873. The fourth-order valence-corrected chi connectivity index (χ4v) is 3.52. The van der Waals surface area contributed by atoms with E-state index < -0.39 is 5.60 Å². The summed E-state index contributed by atoms with van der Waals surface area (Å²) in [6.07, 6.45) is 3.56. The molecule has 2 aromatic rings. The molecule has 0 aliphatic carbocycles. The van der Waals surface area contributed by atoms with E-state index in [-0.39, 0.29) is 12.0 Å². The van der Waals surface area contributed by atoms with Crippen molar-refractivity contribution in [3.8, 4) is 0 Å². The third-order valence-corrected chi connectivity index (χ3v) is 4.89. The van der Waals surface area contributed by atoms with Gasteiger partial charge in [-0.15, -0.1) is 0 Å². The Morgan fingerprint density at radius 1 is 1.25 bits per heavy atom. The number of amides is 2. The molecule has 1 aromatic heterocycles. The molecule has 2 fully saturated rings. The van der Waals surface area contributed by atoms with Crippen LogP contribution in [0.3, 0.4) is 0 Å². The molecule has 3 heterocycles. The van der Waals surface area contributed by atoms with E-state index in [9.17, 15) is 9.59 Å². The third kappa shape index (κ3) is 2.68. The molecule has 1 aromatic carbocycles. The molecule has 2 aliphatic rings. The van der Waals surface area contributed by atoms with Gasteiger partial charge in [0.25, 0.3) is 5.91 Å². The van der Waals surface area contributed by atoms with Crippen LogP contribution < -0.4 is 5.32 Å². The molecule has 2 aliphatic heterocycles. The van der Waals surface area contributed by atoms with Crippen LogP contribution in [0.5, 0.6) is 0 Å². The van der Waals surface area contributed by atoms with Gasteiger partial charge >= 0.3 is 6.09 Å². The Kier molecular flexibility index (Phi) is 3.59. The zero-order valence-electron chi connectivity index (χ0n) is 13.3. The Labute approximate surface area is 139 Å². The van der Waals surface area contributed by atoms with Gasteiger partial charge in [-0.2, -0.15) is 0 Å². The molecule has 4 rings (SSSR count). The van der Waals surface area contributed by atoms with Crippen molar-refractivity contribution >= 4 is 22.9 Å². The maximum atomic E-state index is 12.8. The second-order valence-corrected chi connectivity index (χ2v) is 6.49. The number of hydrogen-bond acceptors (Lipinski definition) is 4. The van der Waals surface area contributed by atoms with Crippen molar-refractivity contribution in [2.45, 2.75) is 24.9 Å². The Morgan fingerprint density at radius 3 is 2.96 bits per heavy atom. The smallest absolute Gasteiger partial charge is 0.407 e. The lowest BCUT2D eigenvalue weighted by Crippen LogP contribution is -2.36. The van der Waals surface area contributed by atoms with Gasteiger partial charge in [0.2, 0.25) is 0 Å². The number of carbonyl (C=O) groups is 2. The van der Waals surface area contributed by atoms with E-state index in [2.05, 4.69) is 10.3 Å². The number of para-hydroxylation sites is 1.